The first-order chi connectivity index (χ1) is 14.8. The third kappa shape index (κ3) is 4.75. The number of carbonyl (C=O) groups excluding carboxylic acids is 1. The fourth-order valence-electron chi connectivity index (χ4n) is 4.31. The number of ether oxygens (including phenoxy) is 3. The van der Waals surface area contributed by atoms with E-state index in [4.69, 9.17) is 18.6 Å². The molecule has 2 aromatic rings. The van der Waals surface area contributed by atoms with Crippen molar-refractivity contribution in [3.8, 4) is 5.75 Å². The highest BCUT2D eigenvalue weighted by molar-refractivity contribution is 5.98. The first-order valence-corrected chi connectivity index (χ1v) is 10.7. The van der Waals surface area contributed by atoms with Crippen molar-refractivity contribution in [1.82, 2.24) is 9.80 Å². The minimum atomic E-state index is -0.365. The average molecular weight is 415 g/mol. The molecule has 30 heavy (non-hydrogen) atoms. The van der Waals surface area contributed by atoms with E-state index < -0.39 is 0 Å². The van der Waals surface area contributed by atoms with Crippen molar-refractivity contribution in [1.29, 1.82) is 0 Å². The largest absolute Gasteiger partial charge is 0.494 e. The molecule has 2 aliphatic rings. The van der Waals surface area contributed by atoms with E-state index in [1.807, 2.05) is 19.1 Å². The van der Waals surface area contributed by atoms with Gasteiger partial charge in [-0.25, -0.2) is 0 Å². The van der Waals surface area contributed by atoms with E-state index in [9.17, 15) is 4.79 Å². The van der Waals surface area contributed by atoms with Crippen LogP contribution in [0.2, 0.25) is 0 Å². The average Bonchev–Trinajstić information content (AvgIpc) is 3.34. The van der Waals surface area contributed by atoms with Gasteiger partial charge in [0.2, 0.25) is 5.78 Å². The predicted molar refractivity (Wildman–Crippen MR) is 112 cm³/mol. The highest BCUT2D eigenvalue weighted by atomic mass is 16.5. The van der Waals surface area contributed by atoms with E-state index in [-0.39, 0.29) is 17.9 Å². The Bertz CT molecular complexity index is 780. The van der Waals surface area contributed by atoms with Crippen LogP contribution in [0.15, 0.2) is 47.1 Å². The van der Waals surface area contributed by atoms with E-state index in [1.165, 1.54) is 0 Å². The number of benzene rings is 1. The maximum absolute atomic E-state index is 13.7. The van der Waals surface area contributed by atoms with Crippen LogP contribution >= 0.6 is 0 Å². The Morgan fingerprint density at radius 2 is 1.60 bits per heavy atom. The number of morpholine rings is 2. The topological polar surface area (TPSA) is 64.4 Å². The zero-order valence-electron chi connectivity index (χ0n) is 17.5. The summed E-state index contributed by atoms with van der Waals surface area (Å²) < 4.78 is 22.3. The second-order valence-electron chi connectivity index (χ2n) is 7.53. The number of rotatable bonds is 8. The quantitative estimate of drug-likeness (QED) is 0.615. The zero-order valence-corrected chi connectivity index (χ0v) is 17.5. The molecule has 1 aromatic heterocycles. The predicted octanol–water partition coefficient (Wildman–Crippen LogP) is 2.64. The molecule has 0 amide bonds. The molecule has 0 spiro atoms. The number of carbonyl (C=O) groups is 1. The van der Waals surface area contributed by atoms with Gasteiger partial charge in [-0.2, -0.15) is 0 Å². The van der Waals surface area contributed by atoms with Gasteiger partial charge in [-0.05, 0) is 36.8 Å². The van der Waals surface area contributed by atoms with Crippen LogP contribution < -0.4 is 4.74 Å². The molecule has 7 heteroatoms. The molecule has 3 heterocycles. The smallest absolute Gasteiger partial charge is 0.216 e. The lowest BCUT2D eigenvalue weighted by molar-refractivity contribution is -0.0307. The first-order valence-electron chi connectivity index (χ1n) is 10.7. The molecule has 4 rings (SSSR count). The van der Waals surface area contributed by atoms with Gasteiger partial charge < -0.3 is 18.6 Å². The summed E-state index contributed by atoms with van der Waals surface area (Å²) in [7, 11) is 0. The number of hydrogen-bond donors (Lipinski definition) is 0. The molecule has 2 unspecified atom stereocenters. The monoisotopic (exact) mass is 414 g/mol. The summed E-state index contributed by atoms with van der Waals surface area (Å²) in [6.07, 6.45) is 1.56. The number of ketones is 1. The summed E-state index contributed by atoms with van der Waals surface area (Å²) in [6, 6.07) is 11.2. The van der Waals surface area contributed by atoms with Crippen LogP contribution in [0.4, 0.5) is 0 Å². The summed E-state index contributed by atoms with van der Waals surface area (Å²) >= 11 is 0. The maximum Gasteiger partial charge on any atom is 0.216 e. The van der Waals surface area contributed by atoms with Gasteiger partial charge in [0.15, 0.2) is 5.76 Å². The molecule has 2 fully saturated rings. The van der Waals surface area contributed by atoms with Crippen molar-refractivity contribution < 1.29 is 23.4 Å². The van der Waals surface area contributed by atoms with Gasteiger partial charge >= 0.3 is 0 Å². The van der Waals surface area contributed by atoms with Crippen LogP contribution in [0.25, 0.3) is 0 Å². The van der Waals surface area contributed by atoms with Crippen molar-refractivity contribution >= 4 is 5.78 Å². The summed E-state index contributed by atoms with van der Waals surface area (Å²) in [5.74, 6) is 1.24. The standard InChI is InChI=1S/C23H30N2O5/c1-2-29-19-7-5-18(6-8-19)21(24-9-14-27-15-10-24)22(25-11-16-28-17-12-25)23(26)20-4-3-13-30-20/h3-8,13,21-22H,2,9-12,14-17H2,1H3. The molecule has 0 aliphatic carbocycles. The van der Waals surface area contributed by atoms with Crippen molar-refractivity contribution in [3.63, 3.8) is 0 Å². The van der Waals surface area contributed by atoms with Gasteiger partial charge in [-0.1, -0.05) is 12.1 Å². The van der Waals surface area contributed by atoms with Crippen LogP contribution in [0, 0.1) is 0 Å². The summed E-state index contributed by atoms with van der Waals surface area (Å²) in [6.45, 7) is 8.18. The van der Waals surface area contributed by atoms with Gasteiger partial charge in [-0.15, -0.1) is 0 Å². The van der Waals surface area contributed by atoms with Gasteiger partial charge in [0, 0.05) is 26.2 Å². The lowest BCUT2D eigenvalue weighted by Crippen LogP contribution is -2.55. The second kappa shape index (κ2) is 10.2. The lowest BCUT2D eigenvalue weighted by Gasteiger charge is -2.44. The molecule has 162 valence electrons. The Kier molecular flexibility index (Phi) is 7.17. The zero-order chi connectivity index (χ0) is 20.8. The Morgan fingerprint density at radius 3 is 2.17 bits per heavy atom. The van der Waals surface area contributed by atoms with Crippen LogP contribution in [0.3, 0.4) is 0 Å². The van der Waals surface area contributed by atoms with Crippen LogP contribution in [-0.4, -0.2) is 80.8 Å². The normalized spacial score (nSPS) is 20.6. The molecule has 0 bridgehead atoms. The fraction of sp³-hybridized carbons (Fsp3) is 0.522. The van der Waals surface area contributed by atoms with Gasteiger partial charge in [0.05, 0.1) is 51.4 Å². The number of hydrogen-bond acceptors (Lipinski definition) is 7. The number of nitrogens with zero attached hydrogens (tertiary/aromatic N) is 2. The SMILES string of the molecule is CCOc1ccc(C(C(C(=O)c2ccco2)N2CCOCC2)N2CCOCC2)cc1. The van der Waals surface area contributed by atoms with E-state index in [2.05, 4.69) is 21.9 Å². The van der Waals surface area contributed by atoms with E-state index in [0.717, 1.165) is 37.5 Å². The molecule has 0 saturated carbocycles. The third-order valence-corrected chi connectivity index (χ3v) is 5.74. The van der Waals surface area contributed by atoms with Crippen molar-refractivity contribution in [3.05, 3.63) is 54.0 Å². The minimum absolute atomic E-state index is 0.00674. The molecule has 2 saturated heterocycles. The third-order valence-electron chi connectivity index (χ3n) is 5.74. The van der Waals surface area contributed by atoms with Gasteiger partial charge in [-0.3, -0.25) is 14.6 Å². The Hall–Kier alpha value is -2.19. The van der Waals surface area contributed by atoms with Crippen LogP contribution in [0.5, 0.6) is 5.75 Å². The van der Waals surface area contributed by atoms with Crippen molar-refractivity contribution in [2.75, 3.05) is 59.2 Å². The fourth-order valence-corrected chi connectivity index (χ4v) is 4.31. The molecule has 0 N–H and O–H groups in total. The molecule has 2 atom stereocenters. The Balaban J connectivity index is 1.72. The summed E-state index contributed by atoms with van der Waals surface area (Å²) in [4.78, 5) is 18.3. The molecule has 0 radical (unpaired) electrons. The molecule has 2 aliphatic heterocycles. The second-order valence-corrected chi connectivity index (χ2v) is 7.53. The highest BCUT2D eigenvalue weighted by Crippen LogP contribution is 2.32. The number of Topliss-reactive ketones (excluding diaryl/α,β-unsaturated/α-hetero) is 1. The van der Waals surface area contributed by atoms with Crippen LogP contribution in [-0.2, 0) is 9.47 Å². The minimum Gasteiger partial charge on any atom is -0.494 e. The molecular weight excluding hydrogens is 384 g/mol. The van der Waals surface area contributed by atoms with Gasteiger partial charge in [0.1, 0.15) is 5.75 Å². The lowest BCUT2D eigenvalue weighted by atomic mass is 9.91. The van der Waals surface area contributed by atoms with E-state index in [1.54, 1.807) is 18.4 Å². The van der Waals surface area contributed by atoms with Crippen molar-refractivity contribution in [2.45, 2.75) is 19.0 Å². The van der Waals surface area contributed by atoms with E-state index >= 15 is 0 Å². The van der Waals surface area contributed by atoms with E-state index in [0.29, 0.717) is 38.8 Å². The Morgan fingerprint density at radius 1 is 0.967 bits per heavy atom. The highest BCUT2D eigenvalue weighted by Gasteiger charge is 2.40. The molecule has 1 aromatic carbocycles. The maximum atomic E-state index is 13.7. The molecular formula is C23H30N2O5. The van der Waals surface area contributed by atoms with Crippen molar-refractivity contribution in [2.24, 2.45) is 0 Å². The summed E-state index contributed by atoms with van der Waals surface area (Å²) in [5, 5.41) is 0. The van der Waals surface area contributed by atoms with Crippen LogP contribution in [0.1, 0.15) is 29.1 Å². The molecule has 7 nitrogen and oxygen atoms in total. The number of furan rings is 1. The van der Waals surface area contributed by atoms with Gasteiger partial charge in [0.25, 0.3) is 0 Å². The first kappa shape index (κ1) is 21.1. The summed E-state index contributed by atoms with van der Waals surface area (Å²) in [5.41, 5.74) is 1.09. The Labute approximate surface area is 177 Å².